The van der Waals surface area contributed by atoms with Crippen LogP contribution in [0.2, 0.25) is 0 Å². The highest BCUT2D eigenvalue weighted by atomic mass is 32.2. The number of thioether (sulfide) groups is 1. The second-order valence-corrected chi connectivity index (χ2v) is 6.42. The Morgan fingerprint density at radius 2 is 2.17 bits per heavy atom. The zero-order valence-corrected chi connectivity index (χ0v) is 14.1. The van der Waals surface area contributed by atoms with Crippen molar-refractivity contribution in [3.63, 3.8) is 0 Å². The van der Waals surface area contributed by atoms with Gasteiger partial charge in [0.25, 0.3) is 5.91 Å². The first kappa shape index (κ1) is 15.6. The molecule has 3 rings (SSSR count). The number of rotatable bonds is 6. The fourth-order valence-electron chi connectivity index (χ4n) is 1.96. The van der Waals surface area contributed by atoms with Crippen molar-refractivity contribution in [3.05, 3.63) is 59.0 Å². The predicted octanol–water partition coefficient (Wildman–Crippen LogP) is 3.96. The number of ether oxygens (including phenoxy) is 1. The summed E-state index contributed by atoms with van der Waals surface area (Å²) in [4.78, 5) is 13.4. The molecule has 7 heteroatoms. The van der Waals surface area contributed by atoms with Crippen LogP contribution >= 0.6 is 23.1 Å². The van der Waals surface area contributed by atoms with Gasteiger partial charge in [0.2, 0.25) is 0 Å². The van der Waals surface area contributed by atoms with Crippen LogP contribution in [0.15, 0.2) is 58.4 Å². The lowest BCUT2D eigenvalue weighted by Crippen LogP contribution is -2.11. The Hall–Kier alpha value is -2.25. The Kier molecular flexibility index (Phi) is 4.99. The van der Waals surface area contributed by atoms with Gasteiger partial charge in [-0.3, -0.25) is 9.48 Å². The first-order chi connectivity index (χ1) is 11.3. The number of carbonyl (C=O) groups excluding carboxylic acids is 1. The molecule has 0 spiro atoms. The van der Waals surface area contributed by atoms with E-state index in [1.165, 1.54) is 16.2 Å². The average molecular weight is 345 g/mol. The zero-order valence-electron chi connectivity index (χ0n) is 12.4. The van der Waals surface area contributed by atoms with E-state index in [9.17, 15) is 4.79 Å². The first-order valence-corrected chi connectivity index (χ1v) is 8.81. The summed E-state index contributed by atoms with van der Waals surface area (Å²) in [6.45, 7) is 0. The van der Waals surface area contributed by atoms with Crippen LogP contribution in [0.1, 0.15) is 10.4 Å². The van der Waals surface area contributed by atoms with Gasteiger partial charge in [0.1, 0.15) is 5.75 Å². The number of anilines is 1. The summed E-state index contributed by atoms with van der Waals surface area (Å²) in [5.74, 6) is 1.07. The quantitative estimate of drug-likeness (QED) is 0.687. The van der Waals surface area contributed by atoms with E-state index in [0.717, 1.165) is 0 Å². The van der Waals surface area contributed by atoms with Gasteiger partial charge in [0.15, 0.2) is 0 Å². The van der Waals surface area contributed by atoms with Gasteiger partial charge < -0.3 is 10.1 Å². The fraction of sp³-hybridized carbons (Fsp3) is 0.125. The van der Waals surface area contributed by atoms with Crippen molar-refractivity contribution >= 4 is 34.7 Å². The zero-order chi connectivity index (χ0) is 16.1. The number of carbonyl (C=O) groups is 1. The van der Waals surface area contributed by atoms with E-state index in [2.05, 4.69) is 22.5 Å². The van der Waals surface area contributed by atoms with E-state index >= 15 is 0 Å². The molecule has 0 saturated carbocycles. The second-order valence-electron chi connectivity index (χ2n) is 4.66. The van der Waals surface area contributed by atoms with Crippen molar-refractivity contribution in [2.75, 3.05) is 12.4 Å². The number of nitrogens with one attached hydrogen (secondary N) is 1. The van der Waals surface area contributed by atoms with Crippen LogP contribution in [-0.2, 0) is 5.88 Å². The molecule has 118 valence electrons. The van der Waals surface area contributed by atoms with Crippen molar-refractivity contribution in [3.8, 4) is 5.75 Å². The van der Waals surface area contributed by atoms with Crippen molar-refractivity contribution < 1.29 is 9.53 Å². The Balaban J connectivity index is 1.60. The summed E-state index contributed by atoms with van der Waals surface area (Å²) in [7, 11) is 1.55. The van der Waals surface area contributed by atoms with E-state index in [4.69, 9.17) is 4.74 Å². The third-order valence-electron chi connectivity index (χ3n) is 3.09. The number of thiophene rings is 1. The maximum atomic E-state index is 12.2. The summed E-state index contributed by atoms with van der Waals surface area (Å²) in [6, 6.07) is 10.1. The summed E-state index contributed by atoms with van der Waals surface area (Å²) in [5, 5.41) is 10.7. The maximum Gasteiger partial charge on any atom is 0.260 e. The molecule has 0 aliphatic rings. The predicted molar refractivity (Wildman–Crippen MR) is 93.4 cm³/mol. The van der Waals surface area contributed by atoms with Gasteiger partial charge in [0.05, 0.1) is 30.4 Å². The van der Waals surface area contributed by atoms with E-state index in [-0.39, 0.29) is 5.91 Å². The molecule has 1 amide bonds. The van der Waals surface area contributed by atoms with Gasteiger partial charge in [-0.1, -0.05) is 18.2 Å². The van der Waals surface area contributed by atoms with Crippen molar-refractivity contribution in [1.29, 1.82) is 0 Å². The number of hydrogen-bond acceptors (Lipinski definition) is 5. The van der Waals surface area contributed by atoms with E-state index in [0.29, 0.717) is 22.9 Å². The molecule has 23 heavy (non-hydrogen) atoms. The first-order valence-electron chi connectivity index (χ1n) is 6.88. The van der Waals surface area contributed by atoms with Crippen LogP contribution in [0.5, 0.6) is 5.75 Å². The average Bonchev–Trinajstić information content (AvgIpc) is 3.22. The van der Waals surface area contributed by atoms with Crippen LogP contribution in [0.4, 0.5) is 5.69 Å². The molecule has 2 aromatic heterocycles. The molecular weight excluding hydrogens is 330 g/mol. The number of amides is 1. The van der Waals surface area contributed by atoms with Crippen LogP contribution in [0.3, 0.4) is 0 Å². The highest BCUT2D eigenvalue weighted by Crippen LogP contribution is 2.24. The van der Waals surface area contributed by atoms with Gasteiger partial charge in [0, 0.05) is 21.9 Å². The maximum absolute atomic E-state index is 12.2. The Morgan fingerprint density at radius 3 is 2.96 bits per heavy atom. The molecule has 0 radical (unpaired) electrons. The molecular formula is C16H15N3O2S2. The van der Waals surface area contributed by atoms with E-state index < -0.39 is 0 Å². The summed E-state index contributed by atoms with van der Waals surface area (Å²) >= 11 is 3.11. The molecule has 0 aliphatic carbocycles. The van der Waals surface area contributed by atoms with E-state index in [1.54, 1.807) is 40.5 Å². The lowest BCUT2D eigenvalue weighted by atomic mass is 10.3. The largest absolute Gasteiger partial charge is 0.495 e. The summed E-state index contributed by atoms with van der Waals surface area (Å²) < 4.78 is 6.95. The normalized spacial score (nSPS) is 10.5. The lowest BCUT2D eigenvalue weighted by molar-refractivity contribution is 0.102. The van der Waals surface area contributed by atoms with E-state index in [1.807, 2.05) is 24.4 Å². The van der Waals surface area contributed by atoms with Crippen LogP contribution in [0.25, 0.3) is 0 Å². The fourth-order valence-corrected chi connectivity index (χ4v) is 3.51. The van der Waals surface area contributed by atoms with Gasteiger partial charge in [-0.05, 0) is 12.1 Å². The minimum Gasteiger partial charge on any atom is -0.495 e. The third kappa shape index (κ3) is 3.94. The Bertz CT molecular complexity index is 783. The summed E-state index contributed by atoms with van der Waals surface area (Å²) in [5.41, 5.74) is 1.20. The third-order valence-corrected chi connectivity index (χ3v) is 4.81. The molecule has 0 bridgehead atoms. The standard InChI is InChI=1S/C16H15N3O2S2/c1-21-15-10-22-9-14(15)16(20)18-12-7-17-19(8-12)11-23-13-5-3-2-4-6-13/h2-10H,11H2,1H3,(H,18,20). The molecule has 0 atom stereocenters. The highest BCUT2D eigenvalue weighted by Gasteiger charge is 2.14. The molecule has 1 N–H and O–H groups in total. The number of methoxy groups -OCH3 is 1. The molecule has 0 fully saturated rings. The smallest absolute Gasteiger partial charge is 0.260 e. The van der Waals surface area contributed by atoms with Gasteiger partial charge in [-0.2, -0.15) is 5.10 Å². The van der Waals surface area contributed by atoms with Gasteiger partial charge in [-0.25, -0.2) is 0 Å². The van der Waals surface area contributed by atoms with Crippen LogP contribution in [-0.4, -0.2) is 22.8 Å². The topological polar surface area (TPSA) is 56.1 Å². The minimum absolute atomic E-state index is 0.196. The number of nitrogens with zero attached hydrogens (tertiary/aromatic N) is 2. The molecule has 0 unspecified atom stereocenters. The van der Waals surface area contributed by atoms with Crippen LogP contribution < -0.4 is 10.1 Å². The number of hydrogen-bond donors (Lipinski definition) is 1. The number of benzene rings is 1. The van der Waals surface area contributed by atoms with Gasteiger partial charge >= 0.3 is 0 Å². The molecule has 0 saturated heterocycles. The number of aromatic nitrogens is 2. The Morgan fingerprint density at radius 1 is 1.35 bits per heavy atom. The molecule has 5 nitrogen and oxygen atoms in total. The molecule has 1 aromatic carbocycles. The van der Waals surface area contributed by atoms with Crippen molar-refractivity contribution in [1.82, 2.24) is 9.78 Å². The molecule has 2 heterocycles. The Labute approximate surface area is 142 Å². The SMILES string of the molecule is COc1cscc1C(=O)Nc1cnn(CSc2ccccc2)c1. The summed E-state index contributed by atoms with van der Waals surface area (Å²) in [6.07, 6.45) is 3.45. The second kappa shape index (κ2) is 7.34. The van der Waals surface area contributed by atoms with Crippen LogP contribution in [0, 0.1) is 0 Å². The van der Waals surface area contributed by atoms with Crippen molar-refractivity contribution in [2.24, 2.45) is 0 Å². The highest BCUT2D eigenvalue weighted by molar-refractivity contribution is 7.98. The minimum atomic E-state index is -0.196. The molecule has 3 aromatic rings. The van der Waals surface area contributed by atoms with Gasteiger partial charge in [-0.15, -0.1) is 23.1 Å². The monoisotopic (exact) mass is 345 g/mol. The molecule has 0 aliphatic heterocycles. The lowest BCUT2D eigenvalue weighted by Gasteiger charge is -2.03. The van der Waals surface area contributed by atoms with Crippen molar-refractivity contribution in [2.45, 2.75) is 10.8 Å².